The first-order valence-electron chi connectivity index (χ1n) is 7.33. The molecule has 3 atom stereocenters. The van der Waals surface area contributed by atoms with Gasteiger partial charge in [-0.15, -0.1) is 0 Å². The van der Waals surface area contributed by atoms with E-state index in [-0.39, 0.29) is 29.7 Å². The van der Waals surface area contributed by atoms with Crippen molar-refractivity contribution in [3.8, 4) is 0 Å². The Hall–Kier alpha value is -1.50. The highest BCUT2D eigenvalue weighted by atomic mass is 32.2. The fourth-order valence-electron chi connectivity index (χ4n) is 3.09. The van der Waals surface area contributed by atoms with E-state index in [9.17, 15) is 8.42 Å². The van der Waals surface area contributed by atoms with Gasteiger partial charge in [0.05, 0.1) is 23.3 Å². The van der Waals surface area contributed by atoms with Crippen LogP contribution in [0.5, 0.6) is 0 Å². The minimum Gasteiger partial charge on any atom is -0.379 e. The second-order valence-corrected chi connectivity index (χ2v) is 7.92. The number of rotatable bonds is 4. The standard InChI is InChI=1S/C16H20N2O3S/c1-11(18-14-9-22(19,20)10-15(14)21-2)16-13-6-4-3-5-12(13)7-8-17-16/h3-8,11,14-15,18H,9-10H2,1-2H3. The normalized spacial score (nSPS) is 25.4. The summed E-state index contributed by atoms with van der Waals surface area (Å²) < 4.78 is 28.9. The van der Waals surface area contributed by atoms with Gasteiger partial charge in [-0.25, -0.2) is 8.42 Å². The van der Waals surface area contributed by atoms with Gasteiger partial charge in [0.1, 0.15) is 0 Å². The maximum absolute atomic E-state index is 11.8. The Balaban J connectivity index is 1.86. The Morgan fingerprint density at radius 2 is 2.05 bits per heavy atom. The molecule has 1 aliphatic rings. The van der Waals surface area contributed by atoms with Gasteiger partial charge in [-0.05, 0) is 18.4 Å². The predicted molar refractivity (Wildman–Crippen MR) is 86.5 cm³/mol. The van der Waals surface area contributed by atoms with Crippen molar-refractivity contribution in [2.45, 2.75) is 25.1 Å². The number of hydrogen-bond donors (Lipinski definition) is 1. The Morgan fingerprint density at radius 3 is 2.82 bits per heavy atom. The number of aromatic nitrogens is 1. The minimum absolute atomic E-state index is 0.0537. The van der Waals surface area contributed by atoms with Crippen LogP contribution >= 0.6 is 0 Å². The molecule has 1 aliphatic heterocycles. The largest absolute Gasteiger partial charge is 0.379 e. The summed E-state index contributed by atoms with van der Waals surface area (Å²) in [4.78, 5) is 4.48. The Bertz CT molecular complexity index is 771. The van der Waals surface area contributed by atoms with E-state index in [1.807, 2.05) is 37.3 Å². The van der Waals surface area contributed by atoms with Gasteiger partial charge >= 0.3 is 0 Å². The van der Waals surface area contributed by atoms with Crippen LogP contribution in [0.25, 0.3) is 10.8 Å². The van der Waals surface area contributed by atoms with Crippen LogP contribution in [0.4, 0.5) is 0 Å². The van der Waals surface area contributed by atoms with Crippen molar-refractivity contribution in [3.05, 3.63) is 42.2 Å². The van der Waals surface area contributed by atoms with Crippen molar-refractivity contribution in [1.29, 1.82) is 0 Å². The van der Waals surface area contributed by atoms with E-state index in [1.165, 1.54) is 0 Å². The molecule has 0 radical (unpaired) electrons. The van der Waals surface area contributed by atoms with Gasteiger partial charge in [0, 0.05) is 30.8 Å². The van der Waals surface area contributed by atoms with Gasteiger partial charge in [-0.2, -0.15) is 0 Å². The van der Waals surface area contributed by atoms with E-state index < -0.39 is 9.84 Å². The number of pyridine rings is 1. The molecule has 1 N–H and O–H groups in total. The number of nitrogens with one attached hydrogen (secondary N) is 1. The molecular formula is C16H20N2O3S. The van der Waals surface area contributed by atoms with Crippen LogP contribution in [0.1, 0.15) is 18.7 Å². The SMILES string of the molecule is COC1CS(=O)(=O)CC1NC(C)c1nccc2ccccc12. The average molecular weight is 320 g/mol. The zero-order chi connectivity index (χ0) is 15.7. The molecule has 0 aliphatic carbocycles. The molecular weight excluding hydrogens is 300 g/mol. The topological polar surface area (TPSA) is 68.3 Å². The molecule has 118 valence electrons. The molecule has 2 heterocycles. The monoisotopic (exact) mass is 320 g/mol. The Labute approximate surface area is 130 Å². The summed E-state index contributed by atoms with van der Waals surface area (Å²) in [6.07, 6.45) is 1.48. The van der Waals surface area contributed by atoms with Gasteiger partial charge in [-0.3, -0.25) is 4.98 Å². The molecule has 0 saturated carbocycles. The number of ether oxygens (including phenoxy) is 1. The van der Waals surface area contributed by atoms with Crippen LogP contribution < -0.4 is 5.32 Å². The molecule has 0 amide bonds. The first-order valence-corrected chi connectivity index (χ1v) is 9.15. The van der Waals surface area contributed by atoms with E-state index in [1.54, 1.807) is 13.3 Å². The summed E-state index contributed by atoms with van der Waals surface area (Å²) in [7, 11) is -1.48. The first kappa shape index (κ1) is 15.4. The van der Waals surface area contributed by atoms with Crippen molar-refractivity contribution >= 4 is 20.6 Å². The minimum atomic E-state index is -3.03. The summed E-state index contributed by atoms with van der Waals surface area (Å²) in [5, 5.41) is 5.59. The van der Waals surface area contributed by atoms with Gasteiger partial charge < -0.3 is 10.1 Å². The molecule has 3 unspecified atom stereocenters. The van der Waals surface area contributed by atoms with Crippen LogP contribution in [0, 0.1) is 0 Å². The predicted octanol–water partition coefficient (Wildman–Crippen LogP) is 1.70. The number of benzene rings is 1. The maximum Gasteiger partial charge on any atom is 0.154 e. The molecule has 3 rings (SSSR count). The third kappa shape index (κ3) is 2.99. The molecule has 1 fully saturated rings. The highest BCUT2D eigenvalue weighted by Gasteiger charge is 2.38. The Kier molecular flexibility index (Phi) is 4.16. The zero-order valence-electron chi connectivity index (χ0n) is 12.7. The summed E-state index contributed by atoms with van der Waals surface area (Å²) >= 11 is 0. The summed E-state index contributed by atoms with van der Waals surface area (Å²) in [6.45, 7) is 2.01. The summed E-state index contributed by atoms with van der Waals surface area (Å²) in [5.41, 5.74) is 0.928. The van der Waals surface area contributed by atoms with Crippen LogP contribution in [0.3, 0.4) is 0 Å². The van der Waals surface area contributed by atoms with Gasteiger partial charge in [0.2, 0.25) is 0 Å². The molecule has 0 spiro atoms. The van der Waals surface area contributed by atoms with E-state index in [2.05, 4.69) is 10.3 Å². The van der Waals surface area contributed by atoms with Crippen molar-refractivity contribution in [1.82, 2.24) is 10.3 Å². The first-order chi connectivity index (χ1) is 10.5. The molecule has 5 nitrogen and oxygen atoms in total. The maximum atomic E-state index is 11.8. The smallest absolute Gasteiger partial charge is 0.154 e. The fraction of sp³-hybridized carbons (Fsp3) is 0.438. The van der Waals surface area contributed by atoms with Crippen LogP contribution in [0.2, 0.25) is 0 Å². The molecule has 6 heteroatoms. The lowest BCUT2D eigenvalue weighted by atomic mass is 10.0. The van der Waals surface area contributed by atoms with Gasteiger partial charge in [0.25, 0.3) is 0 Å². The molecule has 0 bridgehead atoms. The molecule has 22 heavy (non-hydrogen) atoms. The number of sulfone groups is 1. The second-order valence-electron chi connectivity index (χ2n) is 5.76. The quantitative estimate of drug-likeness (QED) is 0.928. The van der Waals surface area contributed by atoms with Crippen molar-refractivity contribution in [2.75, 3.05) is 18.6 Å². The number of methoxy groups -OCH3 is 1. The molecule has 1 aromatic carbocycles. The molecule has 1 aromatic heterocycles. The van der Waals surface area contributed by atoms with E-state index in [0.717, 1.165) is 16.5 Å². The Morgan fingerprint density at radius 1 is 1.27 bits per heavy atom. The van der Waals surface area contributed by atoms with Crippen molar-refractivity contribution in [2.24, 2.45) is 0 Å². The van der Waals surface area contributed by atoms with Gasteiger partial charge in [0.15, 0.2) is 9.84 Å². The van der Waals surface area contributed by atoms with Crippen molar-refractivity contribution in [3.63, 3.8) is 0 Å². The number of fused-ring (bicyclic) bond motifs is 1. The average Bonchev–Trinajstić information content (AvgIpc) is 2.80. The second kappa shape index (κ2) is 5.95. The van der Waals surface area contributed by atoms with E-state index >= 15 is 0 Å². The number of nitrogens with zero attached hydrogens (tertiary/aromatic N) is 1. The fourth-order valence-corrected chi connectivity index (χ4v) is 4.95. The highest BCUT2D eigenvalue weighted by molar-refractivity contribution is 7.91. The highest BCUT2D eigenvalue weighted by Crippen LogP contribution is 2.24. The van der Waals surface area contributed by atoms with E-state index in [4.69, 9.17) is 4.74 Å². The van der Waals surface area contributed by atoms with E-state index in [0.29, 0.717) is 0 Å². The molecule has 1 saturated heterocycles. The van der Waals surface area contributed by atoms with Gasteiger partial charge in [-0.1, -0.05) is 24.3 Å². The lowest BCUT2D eigenvalue weighted by molar-refractivity contribution is 0.0955. The lowest BCUT2D eigenvalue weighted by Crippen LogP contribution is -2.41. The van der Waals surface area contributed by atoms with Crippen molar-refractivity contribution < 1.29 is 13.2 Å². The molecule has 2 aromatic rings. The number of hydrogen-bond acceptors (Lipinski definition) is 5. The van der Waals surface area contributed by atoms with Crippen LogP contribution in [0.15, 0.2) is 36.5 Å². The van der Waals surface area contributed by atoms with Crippen LogP contribution in [-0.2, 0) is 14.6 Å². The lowest BCUT2D eigenvalue weighted by Gasteiger charge is -2.23. The third-order valence-corrected chi connectivity index (χ3v) is 5.89. The zero-order valence-corrected chi connectivity index (χ0v) is 13.5. The summed E-state index contributed by atoms with van der Waals surface area (Å²) in [5.74, 6) is 0.192. The van der Waals surface area contributed by atoms with Crippen LogP contribution in [-0.4, -0.2) is 44.2 Å². The summed E-state index contributed by atoms with van der Waals surface area (Å²) in [6, 6.07) is 9.78. The third-order valence-electron chi connectivity index (χ3n) is 4.18.